The lowest BCUT2D eigenvalue weighted by atomic mass is 10.4. The van der Waals surface area contributed by atoms with Gasteiger partial charge in [0.05, 0.1) is 8.80 Å². The summed E-state index contributed by atoms with van der Waals surface area (Å²) < 4.78 is 1.45. The van der Waals surface area contributed by atoms with Gasteiger partial charge in [-0.2, -0.15) is 0 Å². The Morgan fingerprint density at radius 1 is 1.27 bits per heavy atom. The van der Waals surface area contributed by atoms with Crippen LogP contribution in [0.4, 0.5) is 0 Å². The molecule has 1 rings (SSSR count). The van der Waals surface area contributed by atoms with Crippen LogP contribution in [-0.4, -0.2) is 28.1 Å². The smallest absolute Gasteiger partial charge is 0.336 e. The lowest BCUT2D eigenvalue weighted by Gasteiger charge is -2.08. The van der Waals surface area contributed by atoms with E-state index in [0.717, 1.165) is 0 Å². The summed E-state index contributed by atoms with van der Waals surface area (Å²) in [6.07, 6.45) is 0. The van der Waals surface area contributed by atoms with E-state index in [1.54, 1.807) is 5.19 Å². The number of rotatable bonds is 2. The summed E-state index contributed by atoms with van der Waals surface area (Å²) in [4.78, 5) is 0. The monoisotopic (exact) mass is 194 g/mol. The van der Waals surface area contributed by atoms with Gasteiger partial charge in [-0.3, -0.25) is 0 Å². The van der Waals surface area contributed by atoms with Gasteiger partial charge in [0, 0.05) is 0 Å². The molecule has 0 aromatic heterocycles. The van der Waals surface area contributed by atoms with Crippen molar-refractivity contribution in [3.8, 4) is 0 Å². The van der Waals surface area contributed by atoms with Crippen molar-refractivity contribution in [2.45, 2.75) is 13.1 Å². The van der Waals surface area contributed by atoms with Gasteiger partial charge in [0.25, 0.3) is 0 Å². The normalized spacial score (nSPS) is 9.82. The maximum atomic E-state index is 5.94. The SMILES string of the molecule is C[SiH](C)c1cccc[c]1[Mg][Cl]. The minimum absolute atomic E-state index is 0.474. The van der Waals surface area contributed by atoms with Gasteiger partial charge in [-0.05, 0) is 0 Å². The third-order valence-corrected chi connectivity index (χ3v) is 5.83. The zero-order valence-corrected chi connectivity index (χ0v) is 10.3. The zero-order valence-electron chi connectivity index (χ0n) is 6.97. The van der Waals surface area contributed by atoms with Gasteiger partial charge in [0.2, 0.25) is 0 Å². The van der Waals surface area contributed by atoms with Crippen molar-refractivity contribution in [2.24, 2.45) is 0 Å². The van der Waals surface area contributed by atoms with Crippen molar-refractivity contribution in [1.82, 2.24) is 0 Å². The summed E-state index contributed by atoms with van der Waals surface area (Å²) in [5.41, 5.74) is 0. The van der Waals surface area contributed by atoms with Crippen molar-refractivity contribution in [2.75, 3.05) is 0 Å². The van der Waals surface area contributed by atoms with Gasteiger partial charge in [-0.1, -0.05) is 42.5 Å². The molecule has 0 fully saturated rings. The molecule has 0 bridgehead atoms. The molecule has 0 saturated heterocycles. The maximum Gasteiger partial charge on any atom is 0.538 e. The van der Waals surface area contributed by atoms with E-state index in [0.29, 0.717) is 0 Å². The van der Waals surface area contributed by atoms with Gasteiger partial charge < -0.3 is 9.07 Å². The lowest BCUT2D eigenvalue weighted by Crippen LogP contribution is -2.38. The van der Waals surface area contributed by atoms with Crippen LogP contribution in [0.3, 0.4) is 0 Å². The van der Waals surface area contributed by atoms with Gasteiger partial charge in [-0.25, -0.2) is 0 Å². The molecule has 0 aliphatic carbocycles. The third-order valence-electron chi connectivity index (χ3n) is 1.82. The molecule has 0 atom stereocenters. The number of halogens is 1. The summed E-state index contributed by atoms with van der Waals surface area (Å²) in [6, 6.07) is 8.63. The first-order valence-electron chi connectivity index (χ1n) is 3.89. The second-order valence-corrected chi connectivity index (χ2v) is 7.75. The lowest BCUT2D eigenvalue weighted by molar-refractivity contribution is 1.79. The van der Waals surface area contributed by atoms with E-state index in [1.165, 1.54) is 3.69 Å². The highest BCUT2D eigenvalue weighted by molar-refractivity contribution is 7.03. The standard InChI is InChI=1S/C8H11Si.ClH.Mg/c1-9(2)8-6-4-3-5-7-8;;/h3-6,9H,1-2H3;1H;/q;;+1/p-1. The third kappa shape index (κ3) is 2.47. The van der Waals surface area contributed by atoms with Crippen LogP contribution in [0, 0.1) is 0 Å². The van der Waals surface area contributed by atoms with Crippen LogP contribution < -0.4 is 8.88 Å². The molecule has 0 saturated carbocycles. The number of hydrogen-bond acceptors (Lipinski definition) is 0. The molecule has 0 unspecified atom stereocenters. The molecule has 1 aromatic rings. The minimum Gasteiger partial charge on any atom is -0.336 e. The van der Waals surface area contributed by atoms with Gasteiger partial charge in [0.15, 0.2) is 0 Å². The first-order chi connectivity index (χ1) is 5.25. The van der Waals surface area contributed by atoms with Crippen LogP contribution in [-0.2, 0) is 0 Å². The zero-order chi connectivity index (χ0) is 8.27. The van der Waals surface area contributed by atoms with E-state index in [1.807, 2.05) is 0 Å². The van der Waals surface area contributed by atoms with Crippen LogP contribution in [0.1, 0.15) is 0 Å². The van der Waals surface area contributed by atoms with Crippen LogP contribution in [0.5, 0.6) is 0 Å². The average Bonchev–Trinajstić information content (AvgIpc) is 2.04. The van der Waals surface area contributed by atoms with E-state index in [-0.39, 0.29) is 0 Å². The molecule has 0 amide bonds. The maximum absolute atomic E-state index is 5.94. The number of hydrogen-bond donors (Lipinski definition) is 0. The number of benzene rings is 1. The van der Waals surface area contributed by atoms with E-state index in [2.05, 4.69) is 37.4 Å². The van der Waals surface area contributed by atoms with Crippen LogP contribution in [0.25, 0.3) is 0 Å². The molecular weight excluding hydrogens is 184 g/mol. The molecule has 56 valence electrons. The van der Waals surface area contributed by atoms with Gasteiger partial charge in [-0.15, -0.1) is 3.69 Å². The van der Waals surface area contributed by atoms with Crippen LogP contribution in [0.2, 0.25) is 13.1 Å². The topological polar surface area (TPSA) is 0 Å². The molecule has 0 radical (unpaired) electrons. The summed E-state index contributed by atoms with van der Waals surface area (Å²) in [6.45, 7) is 4.69. The Hall–Kier alpha value is 0.493. The molecule has 1 aromatic carbocycles. The molecular formula is C8H11ClMgSi. The molecule has 0 spiro atoms. The molecule has 0 N–H and O–H groups in total. The van der Waals surface area contributed by atoms with Crippen molar-refractivity contribution >= 4 is 46.0 Å². The van der Waals surface area contributed by atoms with E-state index < -0.39 is 28.1 Å². The van der Waals surface area contributed by atoms with Crippen LogP contribution >= 0.6 is 9.07 Å². The Balaban J connectivity index is 3.02. The Morgan fingerprint density at radius 3 is 2.36 bits per heavy atom. The molecule has 0 nitrogen and oxygen atoms in total. The fourth-order valence-corrected chi connectivity index (χ4v) is 5.70. The summed E-state index contributed by atoms with van der Waals surface area (Å²) in [5, 5.41) is 1.56. The Kier molecular flexibility index (Phi) is 3.92. The first kappa shape index (κ1) is 9.58. The Bertz CT molecular complexity index is 237. The molecule has 0 aliphatic rings. The summed E-state index contributed by atoms with van der Waals surface area (Å²) in [5.74, 6) is 0. The first-order valence-corrected chi connectivity index (χ1v) is 9.62. The fraction of sp³-hybridized carbons (Fsp3) is 0.250. The van der Waals surface area contributed by atoms with Crippen molar-refractivity contribution < 1.29 is 0 Å². The van der Waals surface area contributed by atoms with Crippen molar-refractivity contribution in [3.05, 3.63) is 24.3 Å². The summed E-state index contributed by atoms with van der Waals surface area (Å²) in [7, 11) is 5.30. The quantitative estimate of drug-likeness (QED) is 0.614. The fourth-order valence-electron chi connectivity index (χ4n) is 1.22. The second kappa shape index (κ2) is 4.50. The second-order valence-electron chi connectivity index (χ2n) is 2.99. The average molecular weight is 195 g/mol. The largest absolute Gasteiger partial charge is 0.538 e. The van der Waals surface area contributed by atoms with Gasteiger partial charge >= 0.3 is 19.3 Å². The molecule has 0 aliphatic heterocycles. The predicted molar refractivity (Wildman–Crippen MR) is 56.2 cm³/mol. The highest BCUT2D eigenvalue weighted by atomic mass is 35.5. The summed E-state index contributed by atoms with van der Waals surface area (Å²) >= 11 is -0.474. The molecule has 11 heavy (non-hydrogen) atoms. The van der Waals surface area contributed by atoms with E-state index >= 15 is 0 Å². The van der Waals surface area contributed by atoms with E-state index in [4.69, 9.17) is 9.07 Å². The van der Waals surface area contributed by atoms with Gasteiger partial charge in [0.1, 0.15) is 0 Å². The van der Waals surface area contributed by atoms with Crippen molar-refractivity contribution in [3.63, 3.8) is 0 Å². The Labute approximate surface area is 83.1 Å². The minimum atomic E-state index is -0.636. The highest BCUT2D eigenvalue weighted by Gasteiger charge is 2.06. The molecule has 0 heterocycles. The predicted octanol–water partition coefficient (Wildman–Crippen LogP) is 0.864. The van der Waals surface area contributed by atoms with Crippen molar-refractivity contribution in [1.29, 1.82) is 0 Å². The Morgan fingerprint density at radius 2 is 1.91 bits per heavy atom. The van der Waals surface area contributed by atoms with Crippen LogP contribution in [0.15, 0.2) is 24.3 Å². The molecule has 3 heteroatoms. The van der Waals surface area contributed by atoms with E-state index in [9.17, 15) is 0 Å². The highest BCUT2D eigenvalue weighted by Crippen LogP contribution is 1.86.